The highest BCUT2D eigenvalue weighted by atomic mass is 19.0. The largest absolute Gasteiger partial charge is 0.303 e. The lowest BCUT2D eigenvalue weighted by atomic mass is 10.1. The van der Waals surface area contributed by atoms with E-state index in [2.05, 4.69) is 18.7 Å². The summed E-state index contributed by atoms with van der Waals surface area (Å²) in [6.45, 7) is 8.75. The van der Waals surface area contributed by atoms with Gasteiger partial charge in [-0.05, 0) is 31.8 Å². The van der Waals surface area contributed by atoms with E-state index in [1.54, 1.807) is 0 Å². The molecule has 0 radical (unpaired) electrons. The van der Waals surface area contributed by atoms with Gasteiger partial charge in [-0.2, -0.15) is 0 Å². The van der Waals surface area contributed by atoms with Gasteiger partial charge < -0.3 is 4.90 Å². The van der Waals surface area contributed by atoms with Crippen LogP contribution in [-0.4, -0.2) is 24.5 Å². The van der Waals surface area contributed by atoms with Crippen LogP contribution in [0.3, 0.4) is 0 Å². The van der Waals surface area contributed by atoms with Gasteiger partial charge >= 0.3 is 0 Å². The third-order valence-electron chi connectivity index (χ3n) is 4.28. The van der Waals surface area contributed by atoms with Crippen molar-refractivity contribution in [3.63, 3.8) is 0 Å². The predicted molar refractivity (Wildman–Crippen MR) is 80.0 cm³/mol. The van der Waals surface area contributed by atoms with E-state index in [0.29, 0.717) is 0 Å². The molecule has 0 N–H and O–H groups in total. The first-order chi connectivity index (χ1) is 8.36. The van der Waals surface area contributed by atoms with Crippen LogP contribution in [0.15, 0.2) is 0 Å². The summed E-state index contributed by atoms with van der Waals surface area (Å²) in [5, 5.41) is 0. The molecule has 1 saturated heterocycles. The van der Waals surface area contributed by atoms with Crippen molar-refractivity contribution in [1.29, 1.82) is 0 Å². The van der Waals surface area contributed by atoms with Crippen LogP contribution < -0.4 is 0 Å². The second-order valence-electron chi connectivity index (χ2n) is 5.84. The Bertz CT molecular complexity index is 172. The Morgan fingerprint density at radius 3 is 2.06 bits per heavy atom. The number of rotatable bonds is 10. The maximum atomic E-state index is 2.69. The van der Waals surface area contributed by atoms with Gasteiger partial charge in [-0.25, -0.2) is 0 Å². The zero-order valence-corrected chi connectivity index (χ0v) is 12.6. The molecule has 0 amide bonds. The van der Waals surface area contributed by atoms with Gasteiger partial charge in [-0.15, -0.1) is 0 Å². The molecule has 1 nitrogen and oxygen atoms in total. The monoisotopic (exact) mass is 259 g/mol. The van der Waals surface area contributed by atoms with E-state index in [9.17, 15) is 0 Å². The van der Waals surface area contributed by atoms with E-state index in [1.807, 2.05) is 0 Å². The second-order valence-corrected chi connectivity index (χ2v) is 5.84. The molecular formula is C16H34FN. The zero-order chi connectivity index (χ0) is 12.3. The molecule has 0 saturated carbocycles. The minimum atomic E-state index is 0. The zero-order valence-electron chi connectivity index (χ0n) is 12.6. The van der Waals surface area contributed by atoms with Crippen molar-refractivity contribution >= 4 is 0 Å². The summed E-state index contributed by atoms with van der Waals surface area (Å²) < 4.78 is 0. The smallest absolute Gasteiger partial charge is 0.00100 e. The van der Waals surface area contributed by atoms with Crippen LogP contribution in [-0.2, 0) is 0 Å². The Kier molecular flexibility index (Phi) is 11.9. The number of halogens is 1. The first-order valence-corrected chi connectivity index (χ1v) is 8.09. The lowest BCUT2D eigenvalue weighted by Crippen LogP contribution is -2.21. The molecule has 18 heavy (non-hydrogen) atoms. The van der Waals surface area contributed by atoms with Crippen LogP contribution in [0.2, 0.25) is 0 Å². The number of likely N-dealkylation sites (tertiary alicyclic amines) is 1. The Balaban J connectivity index is 0.00000289. The average Bonchev–Trinajstić information content (AvgIpc) is 2.80. The number of hydrogen-bond donors (Lipinski definition) is 0. The quantitative estimate of drug-likeness (QED) is 0.498. The fraction of sp³-hybridized carbons (Fsp3) is 1.00. The molecule has 1 unspecified atom stereocenters. The topological polar surface area (TPSA) is 3.24 Å². The SMILES string of the molecule is CCCCCCCCCCN1CCC(CC)C1.F. The Morgan fingerprint density at radius 2 is 1.50 bits per heavy atom. The molecule has 2 heteroatoms. The molecule has 1 aliphatic rings. The van der Waals surface area contributed by atoms with Crippen LogP contribution in [0.4, 0.5) is 4.70 Å². The van der Waals surface area contributed by atoms with Crippen molar-refractivity contribution in [2.75, 3.05) is 19.6 Å². The normalized spacial score (nSPS) is 20.0. The highest BCUT2D eigenvalue weighted by Gasteiger charge is 2.19. The molecule has 1 fully saturated rings. The Labute approximate surface area is 114 Å². The molecule has 0 aromatic heterocycles. The third-order valence-corrected chi connectivity index (χ3v) is 4.28. The van der Waals surface area contributed by atoms with Crippen molar-refractivity contribution in [2.45, 2.75) is 78.1 Å². The molecule has 110 valence electrons. The molecule has 0 aliphatic carbocycles. The van der Waals surface area contributed by atoms with Crippen molar-refractivity contribution in [3.8, 4) is 0 Å². The summed E-state index contributed by atoms with van der Waals surface area (Å²) in [5.41, 5.74) is 0. The van der Waals surface area contributed by atoms with E-state index in [4.69, 9.17) is 0 Å². The maximum Gasteiger partial charge on any atom is 0.00100 e. The van der Waals surface area contributed by atoms with Crippen LogP contribution in [0.25, 0.3) is 0 Å². The van der Waals surface area contributed by atoms with Gasteiger partial charge in [0.05, 0.1) is 0 Å². The van der Waals surface area contributed by atoms with Crippen LogP contribution in [0.1, 0.15) is 78.1 Å². The van der Waals surface area contributed by atoms with Crippen molar-refractivity contribution in [2.24, 2.45) is 5.92 Å². The highest BCUT2D eigenvalue weighted by Crippen LogP contribution is 2.19. The molecule has 1 rings (SSSR count). The maximum absolute atomic E-state index is 2.69. The van der Waals surface area contributed by atoms with Gasteiger partial charge in [0.25, 0.3) is 0 Å². The van der Waals surface area contributed by atoms with E-state index >= 15 is 0 Å². The van der Waals surface area contributed by atoms with E-state index in [1.165, 1.54) is 83.8 Å². The molecule has 1 atom stereocenters. The lowest BCUT2D eigenvalue weighted by Gasteiger charge is -2.15. The average molecular weight is 259 g/mol. The van der Waals surface area contributed by atoms with Crippen molar-refractivity contribution in [3.05, 3.63) is 0 Å². The first-order valence-electron chi connectivity index (χ1n) is 8.09. The van der Waals surface area contributed by atoms with E-state index < -0.39 is 0 Å². The third kappa shape index (κ3) is 8.07. The van der Waals surface area contributed by atoms with Gasteiger partial charge in [-0.3, -0.25) is 4.70 Å². The first kappa shape index (κ1) is 17.9. The summed E-state index contributed by atoms with van der Waals surface area (Å²) >= 11 is 0. The fourth-order valence-corrected chi connectivity index (χ4v) is 2.92. The number of hydrogen-bond acceptors (Lipinski definition) is 1. The van der Waals surface area contributed by atoms with Crippen LogP contribution >= 0.6 is 0 Å². The Hall–Kier alpha value is -0.110. The minimum Gasteiger partial charge on any atom is -0.303 e. The highest BCUT2D eigenvalue weighted by molar-refractivity contribution is 4.74. The number of unbranched alkanes of at least 4 members (excludes halogenated alkanes) is 7. The lowest BCUT2D eigenvalue weighted by molar-refractivity contribution is 0.313. The van der Waals surface area contributed by atoms with E-state index in [0.717, 1.165) is 5.92 Å². The minimum absolute atomic E-state index is 0. The standard InChI is InChI=1S/C16H33N.FH/c1-3-5-6-7-8-9-10-11-13-17-14-12-16(4-2)15-17;/h16H,3-15H2,1-2H3;1H. The fourth-order valence-electron chi connectivity index (χ4n) is 2.92. The summed E-state index contributed by atoms with van der Waals surface area (Å²) in [6, 6.07) is 0. The van der Waals surface area contributed by atoms with E-state index in [-0.39, 0.29) is 4.70 Å². The van der Waals surface area contributed by atoms with Crippen molar-refractivity contribution in [1.82, 2.24) is 4.90 Å². The summed E-state index contributed by atoms with van der Waals surface area (Å²) in [4.78, 5) is 2.69. The summed E-state index contributed by atoms with van der Waals surface area (Å²) in [6.07, 6.45) is 14.4. The molecular weight excluding hydrogens is 225 g/mol. The summed E-state index contributed by atoms with van der Waals surface area (Å²) in [5.74, 6) is 1.00. The molecule has 0 aromatic carbocycles. The number of nitrogens with zero attached hydrogens (tertiary/aromatic N) is 1. The molecule has 1 aliphatic heterocycles. The van der Waals surface area contributed by atoms with Gasteiger partial charge in [0.15, 0.2) is 0 Å². The van der Waals surface area contributed by atoms with Gasteiger partial charge in [0.2, 0.25) is 0 Å². The van der Waals surface area contributed by atoms with Gasteiger partial charge in [0, 0.05) is 6.54 Å². The van der Waals surface area contributed by atoms with Gasteiger partial charge in [0.1, 0.15) is 0 Å². The van der Waals surface area contributed by atoms with Crippen molar-refractivity contribution < 1.29 is 4.70 Å². The van der Waals surface area contributed by atoms with Gasteiger partial charge in [-0.1, -0.05) is 65.2 Å². The van der Waals surface area contributed by atoms with Crippen LogP contribution in [0, 0.1) is 5.92 Å². The molecule has 0 spiro atoms. The van der Waals surface area contributed by atoms with Crippen LogP contribution in [0.5, 0.6) is 0 Å². The summed E-state index contributed by atoms with van der Waals surface area (Å²) in [7, 11) is 0. The Morgan fingerprint density at radius 1 is 0.889 bits per heavy atom. The molecule has 0 bridgehead atoms. The molecule has 0 aromatic rings. The molecule has 1 heterocycles. The predicted octanol–water partition coefficient (Wildman–Crippen LogP) is 5.01. The second kappa shape index (κ2) is 12.0.